The standard InChI is InChI=1S/C13H15BrN2O/c1-9(8-17)16-7-10-4-5-12(14)11-3-2-6-15-13(10)11/h2-6,9,16-17H,7-8H2,1H3/t9-/m1/s1. The number of hydrogen-bond donors (Lipinski definition) is 2. The number of nitrogens with zero attached hydrogens (tertiary/aromatic N) is 1. The van der Waals surface area contributed by atoms with Crippen molar-refractivity contribution >= 4 is 26.8 Å². The average Bonchev–Trinajstić information content (AvgIpc) is 2.38. The van der Waals surface area contributed by atoms with Gasteiger partial charge in [0.15, 0.2) is 0 Å². The fourth-order valence-electron chi connectivity index (χ4n) is 1.69. The second-order valence-corrected chi connectivity index (χ2v) is 4.92. The Balaban J connectivity index is 2.32. The van der Waals surface area contributed by atoms with E-state index in [1.54, 1.807) is 6.20 Å². The summed E-state index contributed by atoms with van der Waals surface area (Å²) in [6.45, 7) is 2.80. The van der Waals surface area contributed by atoms with E-state index in [1.807, 2.05) is 25.1 Å². The first-order valence-electron chi connectivity index (χ1n) is 5.58. The van der Waals surface area contributed by atoms with Crippen LogP contribution in [0.3, 0.4) is 0 Å². The van der Waals surface area contributed by atoms with Gasteiger partial charge in [-0.15, -0.1) is 0 Å². The molecule has 0 amide bonds. The number of halogens is 1. The summed E-state index contributed by atoms with van der Waals surface area (Å²) in [7, 11) is 0. The summed E-state index contributed by atoms with van der Waals surface area (Å²) in [5.74, 6) is 0. The number of rotatable bonds is 4. The van der Waals surface area contributed by atoms with Crippen molar-refractivity contribution in [1.29, 1.82) is 0 Å². The normalized spacial score (nSPS) is 12.9. The van der Waals surface area contributed by atoms with Crippen LogP contribution in [0.1, 0.15) is 12.5 Å². The highest BCUT2D eigenvalue weighted by atomic mass is 79.9. The van der Waals surface area contributed by atoms with Crippen LogP contribution >= 0.6 is 15.9 Å². The Kier molecular flexibility index (Phi) is 4.10. The van der Waals surface area contributed by atoms with Crippen LogP contribution in [-0.4, -0.2) is 22.7 Å². The zero-order valence-corrected chi connectivity index (χ0v) is 11.2. The maximum Gasteiger partial charge on any atom is 0.0758 e. The zero-order chi connectivity index (χ0) is 12.3. The van der Waals surface area contributed by atoms with Gasteiger partial charge in [0.05, 0.1) is 12.1 Å². The van der Waals surface area contributed by atoms with Gasteiger partial charge in [-0.2, -0.15) is 0 Å². The van der Waals surface area contributed by atoms with Crippen LogP contribution in [0.2, 0.25) is 0 Å². The zero-order valence-electron chi connectivity index (χ0n) is 9.65. The first kappa shape index (κ1) is 12.5. The highest BCUT2D eigenvalue weighted by Gasteiger charge is 2.06. The molecule has 3 nitrogen and oxygen atoms in total. The highest BCUT2D eigenvalue weighted by Crippen LogP contribution is 2.25. The Labute approximate surface area is 109 Å². The van der Waals surface area contributed by atoms with Gasteiger partial charge >= 0.3 is 0 Å². The Morgan fingerprint density at radius 2 is 2.24 bits per heavy atom. The molecule has 2 rings (SSSR count). The number of fused-ring (bicyclic) bond motifs is 1. The van der Waals surface area contributed by atoms with Crippen molar-refractivity contribution < 1.29 is 5.11 Å². The summed E-state index contributed by atoms with van der Waals surface area (Å²) in [5.41, 5.74) is 2.14. The minimum absolute atomic E-state index is 0.0948. The molecule has 0 saturated heterocycles. The third kappa shape index (κ3) is 2.83. The lowest BCUT2D eigenvalue weighted by molar-refractivity contribution is 0.251. The highest BCUT2D eigenvalue weighted by molar-refractivity contribution is 9.10. The second kappa shape index (κ2) is 5.58. The average molecular weight is 295 g/mol. The van der Waals surface area contributed by atoms with E-state index in [-0.39, 0.29) is 12.6 Å². The van der Waals surface area contributed by atoms with E-state index in [0.29, 0.717) is 6.54 Å². The topological polar surface area (TPSA) is 45.1 Å². The molecule has 90 valence electrons. The van der Waals surface area contributed by atoms with Gasteiger partial charge in [0.2, 0.25) is 0 Å². The van der Waals surface area contributed by atoms with Gasteiger partial charge in [-0.05, 0) is 24.6 Å². The summed E-state index contributed by atoms with van der Waals surface area (Å²) in [6.07, 6.45) is 1.80. The predicted molar refractivity (Wildman–Crippen MR) is 72.8 cm³/mol. The molecule has 0 aliphatic heterocycles. The van der Waals surface area contributed by atoms with Gasteiger partial charge in [-0.3, -0.25) is 4.98 Å². The van der Waals surface area contributed by atoms with Gasteiger partial charge in [0, 0.05) is 28.6 Å². The van der Waals surface area contributed by atoms with Crippen LogP contribution in [-0.2, 0) is 6.54 Å². The molecule has 0 unspecified atom stereocenters. The van der Waals surface area contributed by atoms with Crippen molar-refractivity contribution in [3.63, 3.8) is 0 Å². The van der Waals surface area contributed by atoms with Crippen molar-refractivity contribution in [2.75, 3.05) is 6.61 Å². The van der Waals surface area contributed by atoms with Crippen LogP contribution < -0.4 is 5.32 Å². The Morgan fingerprint density at radius 1 is 1.41 bits per heavy atom. The number of aromatic nitrogens is 1. The van der Waals surface area contributed by atoms with E-state index in [2.05, 4.69) is 32.3 Å². The second-order valence-electron chi connectivity index (χ2n) is 4.07. The van der Waals surface area contributed by atoms with E-state index in [1.165, 1.54) is 0 Å². The maximum absolute atomic E-state index is 8.98. The fraction of sp³-hybridized carbons (Fsp3) is 0.308. The molecule has 4 heteroatoms. The van der Waals surface area contributed by atoms with Gasteiger partial charge < -0.3 is 10.4 Å². The van der Waals surface area contributed by atoms with Crippen LogP contribution in [0, 0.1) is 0 Å². The molecule has 0 aliphatic carbocycles. The number of benzene rings is 1. The summed E-state index contributed by atoms with van der Waals surface area (Å²) in [4.78, 5) is 4.41. The largest absolute Gasteiger partial charge is 0.395 e. The first-order valence-corrected chi connectivity index (χ1v) is 6.38. The number of aliphatic hydroxyl groups excluding tert-OH is 1. The van der Waals surface area contributed by atoms with Crippen LogP contribution in [0.4, 0.5) is 0 Å². The third-order valence-electron chi connectivity index (χ3n) is 2.71. The molecule has 0 spiro atoms. The van der Waals surface area contributed by atoms with E-state index in [9.17, 15) is 0 Å². The molecule has 2 aromatic rings. The first-order chi connectivity index (χ1) is 8.22. The Hall–Kier alpha value is -0.970. The molecule has 2 N–H and O–H groups in total. The lowest BCUT2D eigenvalue weighted by Gasteiger charge is -2.12. The van der Waals surface area contributed by atoms with Gasteiger partial charge in [0.1, 0.15) is 0 Å². The van der Waals surface area contributed by atoms with Crippen molar-refractivity contribution in [3.8, 4) is 0 Å². The fourth-order valence-corrected chi connectivity index (χ4v) is 2.14. The van der Waals surface area contributed by atoms with E-state index < -0.39 is 0 Å². The van der Waals surface area contributed by atoms with Gasteiger partial charge in [0.25, 0.3) is 0 Å². The van der Waals surface area contributed by atoms with Crippen molar-refractivity contribution in [1.82, 2.24) is 10.3 Å². The minimum Gasteiger partial charge on any atom is -0.395 e. The minimum atomic E-state index is 0.0948. The number of aliphatic hydroxyl groups is 1. The summed E-state index contributed by atoms with van der Waals surface area (Å²) in [6, 6.07) is 8.16. The van der Waals surface area contributed by atoms with Crippen molar-refractivity contribution in [2.45, 2.75) is 19.5 Å². The lowest BCUT2D eigenvalue weighted by atomic mass is 10.1. The summed E-state index contributed by atoms with van der Waals surface area (Å²) < 4.78 is 1.06. The molecular formula is C13H15BrN2O. The van der Waals surface area contributed by atoms with Crippen LogP contribution in [0.25, 0.3) is 10.9 Å². The van der Waals surface area contributed by atoms with E-state index in [0.717, 1.165) is 20.9 Å². The smallest absolute Gasteiger partial charge is 0.0758 e. The van der Waals surface area contributed by atoms with E-state index in [4.69, 9.17) is 5.11 Å². The quantitative estimate of drug-likeness (QED) is 0.911. The van der Waals surface area contributed by atoms with Crippen LogP contribution in [0.15, 0.2) is 34.9 Å². The van der Waals surface area contributed by atoms with Crippen molar-refractivity contribution in [3.05, 3.63) is 40.5 Å². The SMILES string of the molecule is C[C@H](CO)NCc1ccc(Br)c2cccnc12. The number of hydrogen-bond acceptors (Lipinski definition) is 3. The molecule has 0 bridgehead atoms. The van der Waals surface area contributed by atoms with E-state index >= 15 is 0 Å². The summed E-state index contributed by atoms with van der Waals surface area (Å²) in [5, 5.41) is 13.4. The predicted octanol–water partition coefficient (Wildman–Crippen LogP) is 2.47. The van der Waals surface area contributed by atoms with Crippen LogP contribution in [0.5, 0.6) is 0 Å². The molecular weight excluding hydrogens is 280 g/mol. The summed E-state index contributed by atoms with van der Waals surface area (Å²) >= 11 is 3.52. The molecule has 1 aromatic carbocycles. The number of pyridine rings is 1. The van der Waals surface area contributed by atoms with Gasteiger partial charge in [-0.25, -0.2) is 0 Å². The molecule has 0 radical (unpaired) electrons. The van der Waals surface area contributed by atoms with Gasteiger partial charge in [-0.1, -0.05) is 28.1 Å². The Morgan fingerprint density at radius 3 is 3.00 bits per heavy atom. The molecule has 1 heterocycles. The Bertz CT molecular complexity index is 516. The maximum atomic E-state index is 8.98. The molecule has 1 atom stereocenters. The lowest BCUT2D eigenvalue weighted by Crippen LogP contribution is -2.28. The third-order valence-corrected chi connectivity index (χ3v) is 3.41. The molecule has 0 saturated carbocycles. The molecule has 17 heavy (non-hydrogen) atoms. The van der Waals surface area contributed by atoms with Crippen molar-refractivity contribution in [2.24, 2.45) is 0 Å². The molecule has 0 aliphatic rings. The molecule has 1 aromatic heterocycles. The molecule has 0 fully saturated rings. The number of nitrogens with one attached hydrogen (secondary N) is 1. The monoisotopic (exact) mass is 294 g/mol.